The minimum Gasteiger partial charge on any atom is -0.464 e. The fourth-order valence-electron chi connectivity index (χ4n) is 1.79. The Morgan fingerprint density at radius 3 is 2.22 bits per heavy atom. The van der Waals surface area contributed by atoms with Crippen molar-refractivity contribution in [1.29, 1.82) is 0 Å². The summed E-state index contributed by atoms with van der Waals surface area (Å²) in [7, 11) is 0. The molecule has 4 heteroatoms. The van der Waals surface area contributed by atoms with Gasteiger partial charge in [0, 0.05) is 6.54 Å². The third-order valence-corrected chi connectivity index (χ3v) is 3.14. The highest BCUT2D eigenvalue weighted by Gasteiger charge is 1.97. The van der Waals surface area contributed by atoms with E-state index in [1.165, 1.54) is 51.4 Å². The van der Waals surface area contributed by atoms with E-state index in [4.69, 9.17) is 4.74 Å². The number of nitrogens with one attached hydrogen (secondary N) is 1. The lowest BCUT2D eigenvalue weighted by molar-refractivity contribution is -0.140. The van der Waals surface area contributed by atoms with E-state index in [9.17, 15) is 4.79 Å². The van der Waals surface area contributed by atoms with E-state index >= 15 is 0 Å². The van der Waals surface area contributed by atoms with Crippen LogP contribution in [0.1, 0.15) is 58.3 Å². The molecule has 0 radical (unpaired) electrons. The van der Waals surface area contributed by atoms with E-state index in [0.717, 1.165) is 13.1 Å². The summed E-state index contributed by atoms with van der Waals surface area (Å²) in [5.74, 6) is -0.0786. The number of carbonyl (C=O) groups is 1. The van der Waals surface area contributed by atoms with E-state index in [1.807, 2.05) is 0 Å². The first kappa shape index (κ1) is 17.8. The van der Waals surface area contributed by atoms with Gasteiger partial charge in [0.1, 0.15) is 6.61 Å². The first-order chi connectivity index (χ1) is 8.81. The van der Waals surface area contributed by atoms with Crippen LogP contribution in [0.15, 0.2) is 0 Å². The second kappa shape index (κ2) is 14.8. The van der Waals surface area contributed by atoms with E-state index in [2.05, 4.69) is 24.9 Å². The van der Waals surface area contributed by atoms with Crippen molar-refractivity contribution in [3.63, 3.8) is 0 Å². The van der Waals surface area contributed by atoms with Crippen LogP contribution in [0.25, 0.3) is 0 Å². The number of ether oxygens (including phenoxy) is 1. The average Bonchev–Trinajstić information content (AvgIpc) is 2.39. The summed E-state index contributed by atoms with van der Waals surface area (Å²) in [4.78, 5) is 10.8. The van der Waals surface area contributed by atoms with E-state index in [0.29, 0.717) is 6.61 Å². The zero-order valence-electron chi connectivity index (χ0n) is 11.7. The van der Waals surface area contributed by atoms with Crippen molar-refractivity contribution >= 4 is 18.6 Å². The maximum Gasteiger partial charge on any atom is 0.315 e. The van der Waals surface area contributed by atoms with Gasteiger partial charge in [-0.15, -0.1) is 0 Å². The second-order valence-corrected chi connectivity index (χ2v) is 4.92. The van der Waals surface area contributed by atoms with Crippen molar-refractivity contribution in [2.45, 2.75) is 58.3 Å². The van der Waals surface area contributed by atoms with Gasteiger partial charge in [-0.1, -0.05) is 51.9 Å². The van der Waals surface area contributed by atoms with E-state index < -0.39 is 0 Å². The summed E-state index contributed by atoms with van der Waals surface area (Å²) < 4.78 is 4.90. The Labute approximate surface area is 117 Å². The molecule has 0 aromatic carbocycles. The largest absolute Gasteiger partial charge is 0.464 e. The van der Waals surface area contributed by atoms with Crippen molar-refractivity contribution in [3.8, 4) is 0 Å². The number of hydrogen-bond donors (Lipinski definition) is 2. The van der Waals surface area contributed by atoms with Gasteiger partial charge >= 0.3 is 5.97 Å². The summed E-state index contributed by atoms with van der Waals surface area (Å²) in [6, 6.07) is 0. The van der Waals surface area contributed by atoms with Gasteiger partial charge in [-0.2, -0.15) is 12.6 Å². The first-order valence-electron chi connectivity index (χ1n) is 7.28. The van der Waals surface area contributed by atoms with Gasteiger partial charge in [0.15, 0.2) is 0 Å². The number of hydrogen-bond acceptors (Lipinski definition) is 4. The fraction of sp³-hybridized carbons (Fsp3) is 0.929. The average molecular weight is 275 g/mol. The molecule has 0 saturated heterocycles. The van der Waals surface area contributed by atoms with Gasteiger partial charge in [-0.25, -0.2) is 0 Å². The molecule has 0 bridgehead atoms. The molecule has 0 aliphatic carbocycles. The molecular weight excluding hydrogens is 246 g/mol. The molecule has 0 rings (SSSR count). The number of rotatable bonds is 13. The van der Waals surface area contributed by atoms with Crippen LogP contribution in [-0.2, 0) is 9.53 Å². The molecule has 108 valence electrons. The third-order valence-electron chi connectivity index (χ3n) is 2.88. The Hall–Kier alpha value is -0.220. The van der Waals surface area contributed by atoms with Crippen LogP contribution in [0.3, 0.4) is 0 Å². The first-order valence-corrected chi connectivity index (χ1v) is 7.91. The van der Waals surface area contributed by atoms with Gasteiger partial charge < -0.3 is 10.1 Å². The zero-order valence-corrected chi connectivity index (χ0v) is 12.6. The minimum absolute atomic E-state index is 0.165. The lowest BCUT2D eigenvalue weighted by atomic mass is 10.1. The Morgan fingerprint density at radius 2 is 1.61 bits per heavy atom. The molecule has 0 unspecified atom stereocenters. The molecule has 0 fully saturated rings. The van der Waals surface area contributed by atoms with Crippen molar-refractivity contribution in [1.82, 2.24) is 5.32 Å². The summed E-state index contributed by atoms with van der Waals surface area (Å²) in [5, 5.41) is 3.27. The SMILES string of the molecule is CCCCCCCCCCNCCOC(=O)CS. The highest BCUT2D eigenvalue weighted by Crippen LogP contribution is 2.07. The van der Waals surface area contributed by atoms with Gasteiger partial charge in [-0.05, 0) is 13.0 Å². The molecule has 0 aliphatic rings. The molecular formula is C14H29NO2S. The number of carbonyl (C=O) groups excluding carboxylic acids is 1. The minimum atomic E-state index is -0.243. The standard InChI is InChI=1S/C14H29NO2S/c1-2-3-4-5-6-7-8-9-10-15-11-12-17-14(16)13-18/h15,18H,2-13H2,1H3. The Bertz CT molecular complexity index is 189. The lowest BCUT2D eigenvalue weighted by Crippen LogP contribution is -2.22. The molecule has 0 aliphatic heterocycles. The summed E-state index contributed by atoms with van der Waals surface area (Å²) in [5.41, 5.74) is 0. The summed E-state index contributed by atoms with van der Waals surface area (Å²) in [6.45, 7) is 4.47. The Kier molecular flexibility index (Phi) is 14.7. The quantitative estimate of drug-likeness (QED) is 0.308. The molecule has 0 amide bonds. The molecule has 1 N–H and O–H groups in total. The molecule has 18 heavy (non-hydrogen) atoms. The normalized spacial score (nSPS) is 10.6. The molecule has 0 atom stereocenters. The summed E-state index contributed by atoms with van der Waals surface area (Å²) >= 11 is 3.83. The fourth-order valence-corrected chi connectivity index (χ4v) is 1.88. The smallest absolute Gasteiger partial charge is 0.315 e. The number of unbranched alkanes of at least 4 members (excludes halogenated alkanes) is 7. The van der Waals surface area contributed by atoms with Gasteiger partial charge in [0.25, 0.3) is 0 Å². The van der Waals surface area contributed by atoms with Crippen LogP contribution < -0.4 is 5.32 Å². The van der Waals surface area contributed by atoms with Crippen molar-refractivity contribution in [2.75, 3.05) is 25.4 Å². The van der Waals surface area contributed by atoms with Crippen LogP contribution in [-0.4, -0.2) is 31.4 Å². The molecule has 0 saturated carbocycles. The topological polar surface area (TPSA) is 38.3 Å². The Morgan fingerprint density at radius 1 is 1.00 bits per heavy atom. The number of thiol groups is 1. The molecule has 0 heterocycles. The Balaban J connectivity index is 2.97. The maximum atomic E-state index is 10.8. The van der Waals surface area contributed by atoms with Crippen molar-refractivity contribution in [3.05, 3.63) is 0 Å². The summed E-state index contributed by atoms with van der Waals surface area (Å²) in [6.07, 6.45) is 10.7. The maximum absolute atomic E-state index is 10.8. The van der Waals surface area contributed by atoms with Crippen molar-refractivity contribution in [2.24, 2.45) is 0 Å². The van der Waals surface area contributed by atoms with Crippen LogP contribution in [0, 0.1) is 0 Å². The monoisotopic (exact) mass is 275 g/mol. The molecule has 0 aromatic heterocycles. The second-order valence-electron chi connectivity index (χ2n) is 4.60. The van der Waals surface area contributed by atoms with Crippen LogP contribution in [0.5, 0.6) is 0 Å². The highest BCUT2D eigenvalue weighted by molar-refractivity contribution is 7.81. The third kappa shape index (κ3) is 13.8. The number of esters is 1. The van der Waals surface area contributed by atoms with Gasteiger partial charge in [-0.3, -0.25) is 4.79 Å². The van der Waals surface area contributed by atoms with E-state index in [-0.39, 0.29) is 11.7 Å². The van der Waals surface area contributed by atoms with E-state index in [1.54, 1.807) is 0 Å². The van der Waals surface area contributed by atoms with Gasteiger partial charge in [0.05, 0.1) is 5.75 Å². The van der Waals surface area contributed by atoms with Gasteiger partial charge in [0.2, 0.25) is 0 Å². The van der Waals surface area contributed by atoms with Crippen LogP contribution in [0.4, 0.5) is 0 Å². The highest BCUT2D eigenvalue weighted by atomic mass is 32.1. The lowest BCUT2D eigenvalue weighted by Gasteiger charge is -2.05. The predicted octanol–water partition coefficient (Wildman–Crippen LogP) is 3.19. The van der Waals surface area contributed by atoms with Crippen LogP contribution in [0.2, 0.25) is 0 Å². The predicted molar refractivity (Wildman–Crippen MR) is 80.3 cm³/mol. The molecule has 3 nitrogen and oxygen atoms in total. The molecule has 0 spiro atoms. The molecule has 0 aromatic rings. The van der Waals surface area contributed by atoms with Crippen LogP contribution >= 0.6 is 12.6 Å². The zero-order chi connectivity index (χ0) is 13.5. The van der Waals surface area contributed by atoms with Crippen molar-refractivity contribution < 1.29 is 9.53 Å².